The van der Waals surface area contributed by atoms with E-state index in [1.165, 1.54) is 19.1 Å². The van der Waals surface area contributed by atoms with E-state index in [0.717, 1.165) is 6.07 Å². The van der Waals surface area contributed by atoms with Crippen molar-refractivity contribution in [1.29, 1.82) is 0 Å². The van der Waals surface area contributed by atoms with E-state index in [4.69, 9.17) is 5.73 Å². The van der Waals surface area contributed by atoms with Crippen LogP contribution in [0.4, 0.5) is 22.0 Å². The summed E-state index contributed by atoms with van der Waals surface area (Å²) in [4.78, 5) is 0. The monoisotopic (exact) mass is 269 g/mol. The molecule has 7 heteroatoms. The maximum atomic E-state index is 13.4. The average Bonchev–Trinajstić information content (AvgIpc) is 2.25. The fraction of sp³-hybridized carbons (Fsp3) is 0.455. The van der Waals surface area contributed by atoms with Crippen LogP contribution in [0.3, 0.4) is 0 Å². The Hall–Kier alpha value is -1.37. The highest BCUT2D eigenvalue weighted by atomic mass is 19.3. The molecule has 0 heterocycles. The summed E-state index contributed by atoms with van der Waals surface area (Å²) in [6.07, 6.45) is -3.84. The molecule has 1 unspecified atom stereocenters. The molecule has 1 aromatic carbocycles. The van der Waals surface area contributed by atoms with Gasteiger partial charge in [-0.05, 0) is 19.1 Å². The summed E-state index contributed by atoms with van der Waals surface area (Å²) in [5, 5.41) is 0. The van der Waals surface area contributed by atoms with Crippen molar-refractivity contribution in [3.05, 3.63) is 29.6 Å². The third-order valence-electron chi connectivity index (χ3n) is 2.21. The lowest BCUT2D eigenvalue weighted by Gasteiger charge is -2.19. The second-order valence-electron chi connectivity index (χ2n) is 3.79. The molecule has 1 atom stereocenters. The van der Waals surface area contributed by atoms with Crippen LogP contribution in [0.5, 0.6) is 5.75 Å². The van der Waals surface area contributed by atoms with Crippen LogP contribution in [-0.2, 0) is 0 Å². The summed E-state index contributed by atoms with van der Waals surface area (Å²) in [7, 11) is 0. The normalized spacial score (nSPS) is 13.8. The van der Waals surface area contributed by atoms with Crippen LogP contribution in [0, 0.1) is 5.82 Å². The number of rotatable bonds is 5. The number of halogens is 5. The average molecular weight is 269 g/mol. The van der Waals surface area contributed by atoms with Crippen LogP contribution >= 0.6 is 0 Å². The van der Waals surface area contributed by atoms with Crippen LogP contribution < -0.4 is 10.5 Å². The minimum atomic E-state index is -4.29. The first-order valence-electron chi connectivity index (χ1n) is 5.08. The number of hydrogen-bond donors (Lipinski definition) is 1. The number of ether oxygens (including phenoxy) is 1. The fourth-order valence-corrected chi connectivity index (χ4v) is 1.32. The third kappa shape index (κ3) is 3.32. The van der Waals surface area contributed by atoms with E-state index in [1.807, 2.05) is 0 Å². The molecular formula is C11H12F5NO. The lowest BCUT2D eigenvalue weighted by Crippen LogP contribution is -2.34. The van der Waals surface area contributed by atoms with Crippen molar-refractivity contribution in [3.8, 4) is 5.75 Å². The molecule has 1 rings (SSSR count). The van der Waals surface area contributed by atoms with Crippen LogP contribution in [0.2, 0.25) is 0 Å². The van der Waals surface area contributed by atoms with E-state index in [2.05, 4.69) is 4.74 Å². The number of benzene rings is 1. The maximum Gasteiger partial charge on any atom is 0.340 e. The summed E-state index contributed by atoms with van der Waals surface area (Å²) >= 11 is 0. The molecule has 2 nitrogen and oxygen atoms in total. The van der Waals surface area contributed by atoms with Gasteiger partial charge in [-0.3, -0.25) is 0 Å². The molecule has 2 N–H and O–H groups in total. The zero-order chi connectivity index (χ0) is 13.9. The molecule has 0 bridgehead atoms. The van der Waals surface area contributed by atoms with Crippen molar-refractivity contribution in [2.45, 2.75) is 25.3 Å². The van der Waals surface area contributed by atoms with E-state index in [9.17, 15) is 22.0 Å². The van der Waals surface area contributed by atoms with Gasteiger partial charge in [-0.25, -0.2) is 13.2 Å². The van der Waals surface area contributed by atoms with Crippen LogP contribution in [-0.4, -0.2) is 19.0 Å². The molecule has 0 saturated carbocycles. The zero-order valence-corrected chi connectivity index (χ0v) is 9.47. The Morgan fingerprint density at radius 1 is 1.33 bits per heavy atom. The van der Waals surface area contributed by atoms with Gasteiger partial charge in [0.25, 0.3) is 0 Å². The minimum absolute atomic E-state index is 0.123. The van der Waals surface area contributed by atoms with Gasteiger partial charge in [-0.1, -0.05) is 6.07 Å². The summed E-state index contributed by atoms with van der Waals surface area (Å²) in [5.41, 5.74) is 5.34. The molecule has 0 saturated heterocycles. The molecule has 0 aromatic heterocycles. The van der Waals surface area contributed by atoms with Gasteiger partial charge < -0.3 is 10.5 Å². The first-order valence-corrected chi connectivity index (χ1v) is 5.08. The van der Waals surface area contributed by atoms with Crippen molar-refractivity contribution < 1.29 is 26.7 Å². The Balaban J connectivity index is 2.89. The Kier molecular flexibility index (Phi) is 4.50. The molecule has 0 aliphatic rings. The molecule has 0 spiro atoms. The van der Waals surface area contributed by atoms with Gasteiger partial charge in [-0.15, -0.1) is 0 Å². The number of alkyl halides is 4. The highest BCUT2D eigenvalue weighted by Gasteiger charge is 2.42. The fourth-order valence-electron chi connectivity index (χ4n) is 1.32. The minimum Gasteiger partial charge on any atom is -0.487 e. The Morgan fingerprint density at radius 3 is 2.44 bits per heavy atom. The molecule has 18 heavy (non-hydrogen) atoms. The van der Waals surface area contributed by atoms with E-state index in [1.54, 1.807) is 0 Å². The largest absolute Gasteiger partial charge is 0.487 e. The second-order valence-corrected chi connectivity index (χ2v) is 3.79. The third-order valence-corrected chi connectivity index (χ3v) is 2.21. The highest BCUT2D eigenvalue weighted by Crippen LogP contribution is 2.29. The molecule has 0 radical (unpaired) electrons. The predicted molar refractivity (Wildman–Crippen MR) is 55.4 cm³/mol. The van der Waals surface area contributed by atoms with Crippen molar-refractivity contribution in [1.82, 2.24) is 0 Å². The molecular weight excluding hydrogens is 257 g/mol. The predicted octanol–water partition coefficient (Wildman–Crippen LogP) is 3.12. The second kappa shape index (κ2) is 5.51. The molecule has 102 valence electrons. The van der Waals surface area contributed by atoms with Gasteiger partial charge in [0.05, 0.1) is 0 Å². The molecule has 0 fully saturated rings. The topological polar surface area (TPSA) is 35.2 Å². The summed E-state index contributed by atoms with van der Waals surface area (Å²) in [6.45, 7) is -0.107. The molecule has 0 aliphatic heterocycles. The van der Waals surface area contributed by atoms with Crippen LogP contribution in [0.15, 0.2) is 18.2 Å². The van der Waals surface area contributed by atoms with E-state index in [0.29, 0.717) is 0 Å². The van der Waals surface area contributed by atoms with Gasteiger partial charge in [0.15, 0.2) is 6.61 Å². The Bertz CT molecular complexity index is 408. The van der Waals surface area contributed by atoms with Crippen molar-refractivity contribution in [3.63, 3.8) is 0 Å². The number of nitrogens with two attached hydrogens (primary N) is 1. The SMILES string of the molecule is CC(N)c1c(F)cccc1OCC(F)(F)C(F)F. The lowest BCUT2D eigenvalue weighted by molar-refractivity contribution is -0.148. The van der Waals surface area contributed by atoms with Crippen molar-refractivity contribution >= 4 is 0 Å². The highest BCUT2D eigenvalue weighted by molar-refractivity contribution is 5.36. The van der Waals surface area contributed by atoms with Gasteiger partial charge in [-0.2, -0.15) is 8.78 Å². The van der Waals surface area contributed by atoms with Gasteiger partial charge in [0.2, 0.25) is 0 Å². The first-order chi connectivity index (χ1) is 8.25. The van der Waals surface area contributed by atoms with Crippen LogP contribution in [0.1, 0.15) is 18.5 Å². The summed E-state index contributed by atoms with van der Waals surface area (Å²) < 4.78 is 67.1. The first kappa shape index (κ1) is 14.7. The van der Waals surface area contributed by atoms with Crippen molar-refractivity contribution in [2.75, 3.05) is 6.61 Å². The van der Waals surface area contributed by atoms with Gasteiger partial charge in [0, 0.05) is 11.6 Å². The van der Waals surface area contributed by atoms with Gasteiger partial charge >= 0.3 is 12.3 Å². The Morgan fingerprint density at radius 2 is 1.94 bits per heavy atom. The maximum absolute atomic E-state index is 13.4. The lowest BCUT2D eigenvalue weighted by atomic mass is 10.1. The standard InChI is InChI=1S/C11H12F5NO/c1-6(17)9-7(12)3-2-4-8(9)18-5-11(15,16)10(13)14/h2-4,6,10H,5,17H2,1H3. The smallest absolute Gasteiger partial charge is 0.340 e. The van der Waals surface area contributed by atoms with E-state index >= 15 is 0 Å². The summed E-state index contributed by atoms with van der Waals surface area (Å²) in [5.74, 6) is -5.28. The zero-order valence-electron chi connectivity index (χ0n) is 9.47. The Labute approximate surface area is 101 Å². The number of hydrogen-bond acceptors (Lipinski definition) is 2. The summed E-state index contributed by atoms with van der Waals surface area (Å²) in [6, 6.07) is 2.69. The molecule has 0 amide bonds. The molecule has 0 aliphatic carbocycles. The quantitative estimate of drug-likeness (QED) is 0.833. The van der Waals surface area contributed by atoms with E-state index in [-0.39, 0.29) is 11.3 Å². The molecule has 1 aromatic rings. The van der Waals surface area contributed by atoms with Crippen LogP contribution in [0.25, 0.3) is 0 Å². The van der Waals surface area contributed by atoms with Crippen molar-refractivity contribution in [2.24, 2.45) is 5.73 Å². The van der Waals surface area contributed by atoms with E-state index < -0.39 is 30.8 Å². The van der Waals surface area contributed by atoms with Gasteiger partial charge in [0.1, 0.15) is 11.6 Å².